The number of amides is 1. The lowest BCUT2D eigenvalue weighted by Gasteiger charge is -2.29. The van der Waals surface area contributed by atoms with E-state index >= 15 is 0 Å². The summed E-state index contributed by atoms with van der Waals surface area (Å²) in [5.41, 5.74) is 0.0349. The first-order valence-electron chi connectivity index (χ1n) is 7.26. The standard InChI is InChI=1S/C15H22FN3O3/c1-10-12(18-14(20)22-15(2,3)4)11(16)9-17-13(10)19-5-7-21-8-6-19/h9H,5-8H2,1-4H3,(H,17,18,20). The molecule has 0 saturated carbocycles. The van der Waals surface area contributed by atoms with Crippen molar-refractivity contribution < 1.29 is 18.7 Å². The number of nitrogens with one attached hydrogen (secondary N) is 1. The molecule has 122 valence electrons. The van der Waals surface area contributed by atoms with Gasteiger partial charge in [-0.1, -0.05) is 0 Å². The summed E-state index contributed by atoms with van der Waals surface area (Å²) >= 11 is 0. The Hall–Kier alpha value is -1.89. The summed E-state index contributed by atoms with van der Waals surface area (Å²) in [4.78, 5) is 18.0. The van der Waals surface area contributed by atoms with Crippen LogP contribution in [0.1, 0.15) is 26.3 Å². The van der Waals surface area contributed by atoms with Crippen LogP contribution in [0.3, 0.4) is 0 Å². The largest absolute Gasteiger partial charge is 0.444 e. The first-order chi connectivity index (χ1) is 10.3. The van der Waals surface area contributed by atoms with Gasteiger partial charge in [0.15, 0.2) is 5.82 Å². The van der Waals surface area contributed by atoms with E-state index in [0.717, 1.165) is 6.20 Å². The molecule has 1 aliphatic heterocycles. The smallest absolute Gasteiger partial charge is 0.412 e. The third kappa shape index (κ3) is 4.07. The van der Waals surface area contributed by atoms with Crippen LogP contribution in [0, 0.1) is 12.7 Å². The SMILES string of the molecule is Cc1c(N2CCOCC2)ncc(F)c1NC(=O)OC(C)(C)C. The maximum atomic E-state index is 14.0. The summed E-state index contributed by atoms with van der Waals surface area (Å²) in [5, 5.41) is 2.48. The first kappa shape index (κ1) is 16.5. The Labute approximate surface area is 129 Å². The molecule has 1 fully saturated rings. The van der Waals surface area contributed by atoms with Crippen LogP contribution in [0.25, 0.3) is 0 Å². The van der Waals surface area contributed by atoms with Crippen LogP contribution < -0.4 is 10.2 Å². The highest BCUT2D eigenvalue weighted by atomic mass is 19.1. The van der Waals surface area contributed by atoms with E-state index in [2.05, 4.69) is 10.3 Å². The molecule has 2 heterocycles. The van der Waals surface area contributed by atoms with Gasteiger partial charge in [0.25, 0.3) is 0 Å². The van der Waals surface area contributed by atoms with Crippen molar-refractivity contribution >= 4 is 17.6 Å². The van der Waals surface area contributed by atoms with Crippen molar-refractivity contribution in [3.63, 3.8) is 0 Å². The molecule has 0 aliphatic carbocycles. The maximum Gasteiger partial charge on any atom is 0.412 e. The predicted molar refractivity (Wildman–Crippen MR) is 81.8 cm³/mol. The average molecular weight is 311 g/mol. The van der Waals surface area contributed by atoms with E-state index in [1.807, 2.05) is 4.90 Å². The second kappa shape index (κ2) is 6.48. The lowest BCUT2D eigenvalue weighted by atomic mass is 10.2. The Bertz CT molecular complexity index is 552. The van der Waals surface area contributed by atoms with Gasteiger partial charge in [-0.25, -0.2) is 14.2 Å². The number of pyridine rings is 1. The molecular formula is C15H22FN3O3. The van der Waals surface area contributed by atoms with Crippen molar-refractivity contribution in [3.05, 3.63) is 17.6 Å². The van der Waals surface area contributed by atoms with Crippen LogP contribution in [0.15, 0.2) is 6.20 Å². The highest BCUT2D eigenvalue weighted by molar-refractivity contribution is 5.87. The van der Waals surface area contributed by atoms with Gasteiger partial charge in [-0.15, -0.1) is 0 Å². The fourth-order valence-electron chi connectivity index (χ4n) is 2.22. The van der Waals surface area contributed by atoms with E-state index in [1.165, 1.54) is 0 Å². The topological polar surface area (TPSA) is 63.7 Å². The third-order valence-corrected chi connectivity index (χ3v) is 3.19. The predicted octanol–water partition coefficient (Wildman–Crippen LogP) is 2.71. The molecule has 0 atom stereocenters. The zero-order valence-corrected chi connectivity index (χ0v) is 13.4. The molecule has 1 N–H and O–H groups in total. The summed E-state index contributed by atoms with van der Waals surface area (Å²) in [6.07, 6.45) is 0.429. The fraction of sp³-hybridized carbons (Fsp3) is 0.600. The number of anilines is 2. The molecule has 1 amide bonds. The molecular weight excluding hydrogens is 289 g/mol. The molecule has 6 nitrogen and oxygen atoms in total. The Morgan fingerprint density at radius 2 is 2.05 bits per heavy atom. The zero-order valence-electron chi connectivity index (χ0n) is 13.4. The maximum absolute atomic E-state index is 14.0. The zero-order chi connectivity index (χ0) is 16.3. The number of carbonyl (C=O) groups excluding carboxylic acids is 1. The molecule has 0 radical (unpaired) electrons. The van der Waals surface area contributed by atoms with Gasteiger partial charge in [0, 0.05) is 18.7 Å². The van der Waals surface area contributed by atoms with Gasteiger partial charge < -0.3 is 14.4 Å². The number of morpholine rings is 1. The van der Waals surface area contributed by atoms with Crippen LogP contribution in [-0.4, -0.2) is 43.0 Å². The van der Waals surface area contributed by atoms with Gasteiger partial charge >= 0.3 is 6.09 Å². The Morgan fingerprint density at radius 1 is 1.41 bits per heavy atom. The number of ether oxygens (including phenoxy) is 2. The van der Waals surface area contributed by atoms with E-state index < -0.39 is 17.5 Å². The van der Waals surface area contributed by atoms with Crippen LogP contribution in [0.4, 0.5) is 20.7 Å². The first-order valence-corrected chi connectivity index (χ1v) is 7.26. The number of hydrogen-bond donors (Lipinski definition) is 1. The highest BCUT2D eigenvalue weighted by Crippen LogP contribution is 2.28. The van der Waals surface area contributed by atoms with Crippen molar-refractivity contribution in [1.29, 1.82) is 0 Å². The summed E-state index contributed by atoms with van der Waals surface area (Å²) in [5.74, 6) is 0.0659. The molecule has 7 heteroatoms. The van der Waals surface area contributed by atoms with Crippen LogP contribution in [0.5, 0.6) is 0 Å². The number of rotatable bonds is 2. The summed E-state index contributed by atoms with van der Waals surface area (Å²) in [7, 11) is 0. The molecule has 2 rings (SSSR count). The fourth-order valence-corrected chi connectivity index (χ4v) is 2.22. The molecule has 1 aromatic rings. The van der Waals surface area contributed by atoms with E-state index in [0.29, 0.717) is 37.7 Å². The third-order valence-electron chi connectivity index (χ3n) is 3.19. The summed E-state index contributed by atoms with van der Waals surface area (Å²) < 4.78 is 24.5. The lowest BCUT2D eigenvalue weighted by Crippen LogP contribution is -2.37. The number of halogens is 1. The van der Waals surface area contributed by atoms with Crippen molar-refractivity contribution in [2.24, 2.45) is 0 Å². The van der Waals surface area contributed by atoms with Crippen LogP contribution in [-0.2, 0) is 9.47 Å². The number of aromatic nitrogens is 1. The van der Waals surface area contributed by atoms with E-state index in [9.17, 15) is 9.18 Å². The van der Waals surface area contributed by atoms with Crippen LogP contribution in [0.2, 0.25) is 0 Å². The van der Waals surface area contributed by atoms with Gasteiger partial charge in [0.1, 0.15) is 11.4 Å². The average Bonchev–Trinajstić information content (AvgIpc) is 2.42. The summed E-state index contributed by atoms with van der Waals surface area (Å²) in [6.45, 7) is 9.56. The monoisotopic (exact) mass is 311 g/mol. The van der Waals surface area contributed by atoms with Crippen molar-refractivity contribution in [2.45, 2.75) is 33.3 Å². The van der Waals surface area contributed by atoms with Gasteiger partial charge in [0.05, 0.1) is 25.1 Å². The van der Waals surface area contributed by atoms with E-state index in [4.69, 9.17) is 9.47 Å². The van der Waals surface area contributed by atoms with E-state index in [1.54, 1.807) is 27.7 Å². The second-order valence-corrected chi connectivity index (χ2v) is 6.16. The summed E-state index contributed by atoms with van der Waals surface area (Å²) in [6, 6.07) is 0. The Morgan fingerprint density at radius 3 is 2.64 bits per heavy atom. The minimum Gasteiger partial charge on any atom is -0.444 e. The van der Waals surface area contributed by atoms with Gasteiger partial charge in [-0.05, 0) is 27.7 Å². The number of hydrogen-bond acceptors (Lipinski definition) is 5. The second-order valence-electron chi connectivity index (χ2n) is 6.16. The van der Waals surface area contributed by atoms with Crippen molar-refractivity contribution in [3.8, 4) is 0 Å². The number of nitrogens with zero attached hydrogens (tertiary/aromatic N) is 2. The highest BCUT2D eigenvalue weighted by Gasteiger charge is 2.22. The van der Waals surface area contributed by atoms with Crippen molar-refractivity contribution in [1.82, 2.24) is 4.98 Å². The molecule has 0 spiro atoms. The Balaban J connectivity index is 2.21. The van der Waals surface area contributed by atoms with Gasteiger partial charge in [0.2, 0.25) is 0 Å². The molecule has 1 aromatic heterocycles. The van der Waals surface area contributed by atoms with Gasteiger partial charge in [-0.3, -0.25) is 5.32 Å². The Kier molecular flexibility index (Phi) is 4.85. The van der Waals surface area contributed by atoms with E-state index in [-0.39, 0.29) is 5.69 Å². The molecule has 1 aliphatic rings. The molecule has 22 heavy (non-hydrogen) atoms. The van der Waals surface area contributed by atoms with Crippen molar-refractivity contribution in [2.75, 3.05) is 36.5 Å². The minimum atomic E-state index is -0.686. The number of carbonyl (C=O) groups is 1. The molecule has 0 aromatic carbocycles. The quantitative estimate of drug-likeness (QED) is 0.910. The minimum absolute atomic E-state index is 0.103. The molecule has 0 unspecified atom stereocenters. The normalized spacial score (nSPS) is 15.6. The lowest BCUT2D eigenvalue weighted by molar-refractivity contribution is 0.0635. The van der Waals surface area contributed by atoms with Gasteiger partial charge in [-0.2, -0.15) is 0 Å². The molecule has 1 saturated heterocycles. The van der Waals surface area contributed by atoms with Crippen LogP contribution >= 0.6 is 0 Å². The molecule has 0 bridgehead atoms.